The SMILES string of the molecule is C#Cc1nnnc(C#C)c1C#C. The lowest BCUT2D eigenvalue weighted by Gasteiger charge is -1.94. The summed E-state index contributed by atoms with van der Waals surface area (Å²) in [5, 5.41) is 10.4. The van der Waals surface area contributed by atoms with E-state index in [4.69, 9.17) is 19.3 Å². The third-order valence-corrected chi connectivity index (χ3v) is 1.18. The Kier molecular flexibility index (Phi) is 2.07. The molecule has 1 aromatic rings. The average molecular weight is 153 g/mol. The van der Waals surface area contributed by atoms with Gasteiger partial charge in [-0.15, -0.1) is 29.5 Å². The van der Waals surface area contributed by atoms with Gasteiger partial charge in [0, 0.05) is 0 Å². The summed E-state index contributed by atoms with van der Waals surface area (Å²) in [4.78, 5) is 0. The third kappa shape index (κ3) is 1.10. The Labute approximate surface area is 70.2 Å². The molecule has 0 bridgehead atoms. The van der Waals surface area contributed by atoms with Crippen LogP contribution in [0.4, 0.5) is 0 Å². The molecule has 0 aliphatic heterocycles. The first-order chi connectivity index (χ1) is 5.83. The monoisotopic (exact) mass is 153 g/mol. The van der Waals surface area contributed by atoms with Crippen LogP contribution in [0.3, 0.4) is 0 Å². The molecule has 0 aliphatic carbocycles. The van der Waals surface area contributed by atoms with E-state index in [2.05, 4.69) is 33.2 Å². The second-order valence-electron chi connectivity index (χ2n) is 1.79. The van der Waals surface area contributed by atoms with Crippen LogP contribution in [0.5, 0.6) is 0 Å². The number of hydrogen-bond donors (Lipinski definition) is 0. The highest BCUT2D eigenvalue weighted by Gasteiger charge is 2.05. The van der Waals surface area contributed by atoms with Crippen molar-refractivity contribution in [2.75, 3.05) is 0 Å². The highest BCUT2D eigenvalue weighted by atomic mass is 15.3. The molecule has 1 rings (SSSR count). The number of nitrogens with zero attached hydrogens (tertiary/aromatic N) is 3. The Morgan fingerprint density at radius 3 is 1.67 bits per heavy atom. The average Bonchev–Trinajstić information content (AvgIpc) is 2.16. The zero-order valence-corrected chi connectivity index (χ0v) is 6.07. The minimum absolute atomic E-state index is 0.250. The van der Waals surface area contributed by atoms with Crippen LogP contribution in [-0.4, -0.2) is 15.4 Å². The molecule has 0 atom stereocenters. The molecular formula is C9H3N3. The summed E-state index contributed by atoms with van der Waals surface area (Å²) in [5.74, 6) is 6.86. The lowest BCUT2D eigenvalue weighted by molar-refractivity contribution is 0.843. The maximum Gasteiger partial charge on any atom is 0.155 e. The predicted molar refractivity (Wildman–Crippen MR) is 43.6 cm³/mol. The summed E-state index contributed by atoms with van der Waals surface area (Å²) in [7, 11) is 0. The molecule has 0 N–H and O–H groups in total. The molecule has 0 fully saturated rings. The molecule has 0 aliphatic rings. The van der Waals surface area contributed by atoms with Gasteiger partial charge >= 0.3 is 0 Å². The topological polar surface area (TPSA) is 38.7 Å². The number of rotatable bonds is 0. The van der Waals surface area contributed by atoms with Crippen molar-refractivity contribution in [2.45, 2.75) is 0 Å². The molecule has 1 aromatic heterocycles. The molecule has 3 heteroatoms. The molecule has 0 unspecified atom stereocenters. The first kappa shape index (κ1) is 7.79. The minimum atomic E-state index is 0.250. The molecule has 0 spiro atoms. The van der Waals surface area contributed by atoms with Gasteiger partial charge in [-0.1, -0.05) is 5.92 Å². The van der Waals surface area contributed by atoms with Crippen LogP contribution in [0, 0.1) is 37.0 Å². The summed E-state index contributed by atoms with van der Waals surface area (Å²) in [5.41, 5.74) is 0.843. The summed E-state index contributed by atoms with van der Waals surface area (Å²) in [6.45, 7) is 0. The van der Waals surface area contributed by atoms with E-state index < -0.39 is 0 Å². The van der Waals surface area contributed by atoms with Gasteiger partial charge in [-0.2, -0.15) is 0 Å². The van der Waals surface area contributed by atoms with Gasteiger partial charge in [-0.05, 0) is 17.1 Å². The van der Waals surface area contributed by atoms with Gasteiger partial charge in [-0.25, -0.2) is 0 Å². The summed E-state index contributed by atoms with van der Waals surface area (Å²) < 4.78 is 0. The fraction of sp³-hybridized carbons (Fsp3) is 0. The Hall–Kier alpha value is -2.31. The largest absolute Gasteiger partial charge is 0.155 e. The van der Waals surface area contributed by atoms with Gasteiger partial charge in [0.1, 0.15) is 0 Å². The van der Waals surface area contributed by atoms with E-state index in [1.165, 1.54) is 0 Å². The minimum Gasteiger partial charge on any atom is -0.120 e. The predicted octanol–water partition coefficient (Wildman–Crippen LogP) is -0.184. The highest BCUT2D eigenvalue weighted by Crippen LogP contribution is 2.03. The van der Waals surface area contributed by atoms with E-state index in [-0.39, 0.29) is 11.4 Å². The Bertz CT molecular complexity index is 394. The Morgan fingerprint density at radius 2 is 1.33 bits per heavy atom. The molecule has 3 nitrogen and oxygen atoms in total. The molecular weight excluding hydrogens is 150 g/mol. The van der Waals surface area contributed by atoms with Gasteiger partial charge < -0.3 is 0 Å². The van der Waals surface area contributed by atoms with Crippen LogP contribution < -0.4 is 0 Å². The van der Waals surface area contributed by atoms with Crippen LogP contribution >= 0.6 is 0 Å². The third-order valence-electron chi connectivity index (χ3n) is 1.18. The Balaban J connectivity index is 3.51. The molecule has 1 heterocycles. The fourth-order valence-electron chi connectivity index (χ4n) is 0.663. The maximum atomic E-state index is 5.15. The van der Waals surface area contributed by atoms with Gasteiger partial charge in [0.05, 0.1) is 5.56 Å². The van der Waals surface area contributed by atoms with Gasteiger partial charge in [0.15, 0.2) is 11.4 Å². The second kappa shape index (κ2) is 3.19. The summed E-state index contributed by atoms with van der Waals surface area (Å²) in [6.07, 6.45) is 15.4. The molecule has 0 saturated heterocycles. The van der Waals surface area contributed by atoms with Crippen molar-refractivity contribution in [3.8, 4) is 37.0 Å². The number of terminal acetylenes is 3. The van der Waals surface area contributed by atoms with E-state index in [9.17, 15) is 0 Å². The second-order valence-corrected chi connectivity index (χ2v) is 1.79. The van der Waals surface area contributed by atoms with Crippen LogP contribution in [0.2, 0.25) is 0 Å². The molecule has 0 amide bonds. The smallest absolute Gasteiger partial charge is 0.120 e. The first-order valence-corrected chi connectivity index (χ1v) is 2.96. The van der Waals surface area contributed by atoms with E-state index in [0.29, 0.717) is 5.56 Å². The van der Waals surface area contributed by atoms with Crippen molar-refractivity contribution in [1.29, 1.82) is 0 Å². The molecule has 0 radical (unpaired) electrons. The van der Waals surface area contributed by atoms with Crippen LogP contribution in [0.15, 0.2) is 0 Å². The zero-order valence-electron chi connectivity index (χ0n) is 6.07. The van der Waals surface area contributed by atoms with Crippen molar-refractivity contribution in [3.05, 3.63) is 17.0 Å². The Morgan fingerprint density at radius 1 is 0.833 bits per heavy atom. The van der Waals surface area contributed by atoms with Gasteiger partial charge in [0.2, 0.25) is 0 Å². The molecule has 54 valence electrons. The van der Waals surface area contributed by atoms with E-state index in [1.807, 2.05) is 0 Å². The van der Waals surface area contributed by atoms with Gasteiger partial charge in [-0.3, -0.25) is 0 Å². The standard InChI is InChI=1S/C9H3N3/c1-4-7-8(5-2)10-12-11-9(7)6-3/h1-3H. The van der Waals surface area contributed by atoms with E-state index in [1.54, 1.807) is 0 Å². The van der Waals surface area contributed by atoms with E-state index in [0.717, 1.165) is 0 Å². The van der Waals surface area contributed by atoms with Crippen molar-refractivity contribution >= 4 is 0 Å². The fourth-order valence-corrected chi connectivity index (χ4v) is 0.663. The van der Waals surface area contributed by atoms with Gasteiger partial charge in [0.25, 0.3) is 0 Å². The quantitative estimate of drug-likeness (QED) is 0.485. The highest BCUT2D eigenvalue weighted by molar-refractivity contribution is 5.50. The summed E-state index contributed by atoms with van der Waals surface area (Å²) in [6, 6.07) is 0. The van der Waals surface area contributed by atoms with Crippen molar-refractivity contribution < 1.29 is 0 Å². The zero-order chi connectivity index (χ0) is 8.97. The van der Waals surface area contributed by atoms with Crippen molar-refractivity contribution in [2.24, 2.45) is 0 Å². The van der Waals surface area contributed by atoms with E-state index >= 15 is 0 Å². The lowest BCUT2D eigenvalue weighted by atomic mass is 10.2. The maximum absolute atomic E-state index is 5.15. The van der Waals surface area contributed by atoms with Crippen LogP contribution in [-0.2, 0) is 0 Å². The lowest BCUT2D eigenvalue weighted by Crippen LogP contribution is -2.00. The first-order valence-electron chi connectivity index (χ1n) is 2.96. The summed E-state index contributed by atoms with van der Waals surface area (Å²) >= 11 is 0. The molecule has 12 heavy (non-hydrogen) atoms. The molecule has 0 aromatic carbocycles. The normalized spacial score (nSPS) is 7.75. The number of hydrogen-bond acceptors (Lipinski definition) is 3. The number of aromatic nitrogens is 3. The van der Waals surface area contributed by atoms with Crippen LogP contribution in [0.25, 0.3) is 0 Å². The van der Waals surface area contributed by atoms with Crippen molar-refractivity contribution in [3.63, 3.8) is 0 Å². The van der Waals surface area contributed by atoms with Crippen LogP contribution in [0.1, 0.15) is 17.0 Å². The van der Waals surface area contributed by atoms with Crippen molar-refractivity contribution in [1.82, 2.24) is 15.4 Å². The molecule has 0 saturated carbocycles.